The lowest BCUT2D eigenvalue weighted by atomic mass is 10.1. The summed E-state index contributed by atoms with van der Waals surface area (Å²) in [4.78, 5) is 24.1. The van der Waals surface area contributed by atoms with E-state index in [1.807, 2.05) is 60.7 Å². The van der Waals surface area contributed by atoms with Crippen molar-refractivity contribution in [1.82, 2.24) is 9.44 Å². The SMILES string of the molecule is CS(=O)(=O)N[C@H](COC(=O)/C=C/C(=O)OC[C@H](Cc1ccccc1)NS(C)(=O)=O)Cc1ccccc1. The van der Waals surface area contributed by atoms with Crippen molar-refractivity contribution >= 4 is 32.0 Å². The summed E-state index contributed by atoms with van der Waals surface area (Å²) < 4.78 is 61.6. The van der Waals surface area contributed by atoms with Crippen LogP contribution in [0.4, 0.5) is 0 Å². The molecule has 0 unspecified atom stereocenters. The highest BCUT2D eigenvalue weighted by Crippen LogP contribution is 2.06. The van der Waals surface area contributed by atoms with E-state index < -0.39 is 44.1 Å². The second-order valence-corrected chi connectivity index (χ2v) is 11.7. The van der Waals surface area contributed by atoms with E-state index in [1.165, 1.54) is 0 Å². The Morgan fingerprint density at radius 1 is 0.694 bits per heavy atom. The van der Waals surface area contributed by atoms with Gasteiger partial charge in [-0.1, -0.05) is 60.7 Å². The molecule has 0 radical (unpaired) electrons. The van der Waals surface area contributed by atoms with Crippen molar-refractivity contribution in [3.63, 3.8) is 0 Å². The zero-order valence-electron chi connectivity index (χ0n) is 20.0. The zero-order valence-corrected chi connectivity index (χ0v) is 21.6. The normalized spacial score (nSPS) is 13.7. The van der Waals surface area contributed by atoms with Gasteiger partial charge in [-0.3, -0.25) is 0 Å². The van der Waals surface area contributed by atoms with E-state index in [4.69, 9.17) is 9.47 Å². The number of benzene rings is 2. The van der Waals surface area contributed by atoms with Crippen LogP contribution in [0.15, 0.2) is 72.8 Å². The van der Waals surface area contributed by atoms with Gasteiger partial charge in [-0.15, -0.1) is 0 Å². The number of hydrogen-bond donors (Lipinski definition) is 2. The second kappa shape index (κ2) is 13.9. The maximum atomic E-state index is 12.1. The highest BCUT2D eigenvalue weighted by molar-refractivity contribution is 7.89. The number of ether oxygens (including phenoxy) is 2. The van der Waals surface area contributed by atoms with Crippen LogP contribution in [0.2, 0.25) is 0 Å². The molecule has 2 aromatic rings. The van der Waals surface area contributed by atoms with Crippen molar-refractivity contribution in [3.8, 4) is 0 Å². The van der Waals surface area contributed by atoms with Gasteiger partial charge < -0.3 is 9.47 Å². The number of hydrogen-bond acceptors (Lipinski definition) is 8. The highest BCUT2D eigenvalue weighted by Gasteiger charge is 2.18. The molecular formula is C24H30N2O8S2. The van der Waals surface area contributed by atoms with Gasteiger partial charge in [-0.2, -0.15) is 0 Å². The molecule has 0 bridgehead atoms. The van der Waals surface area contributed by atoms with Crippen molar-refractivity contribution in [2.45, 2.75) is 24.9 Å². The van der Waals surface area contributed by atoms with Crippen LogP contribution >= 0.6 is 0 Å². The van der Waals surface area contributed by atoms with Crippen LogP contribution in [0.5, 0.6) is 0 Å². The topological polar surface area (TPSA) is 145 Å². The third-order valence-electron chi connectivity index (χ3n) is 4.62. The molecule has 0 aliphatic carbocycles. The third kappa shape index (κ3) is 13.1. The van der Waals surface area contributed by atoms with Crippen LogP contribution in [-0.4, -0.2) is 66.6 Å². The Morgan fingerprint density at radius 2 is 1.03 bits per heavy atom. The Labute approximate surface area is 211 Å². The van der Waals surface area contributed by atoms with Crippen LogP contribution in [0.25, 0.3) is 0 Å². The van der Waals surface area contributed by atoms with E-state index in [-0.39, 0.29) is 13.2 Å². The van der Waals surface area contributed by atoms with Crippen molar-refractivity contribution in [3.05, 3.63) is 83.9 Å². The van der Waals surface area contributed by atoms with Crippen LogP contribution in [-0.2, 0) is 52.0 Å². The van der Waals surface area contributed by atoms with Gasteiger partial charge in [0.25, 0.3) is 0 Å². The fourth-order valence-corrected chi connectivity index (χ4v) is 4.78. The molecule has 12 heteroatoms. The standard InChI is InChI=1S/C24H30N2O8S2/c1-35(29,30)25-21(15-19-9-5-3-6-10-19)17-33-23(27)13-14-24(28)34-18-22(26-36(2,31)32)16-20-11-7-4-8-12-20/h3-14,21-22,25-26H,15-18H2,1-2H3/b14-13+/t21-,22-/m0/s1. The molecule has 2 aromatic carbocycles. The number of nitrogens with one attached hydrogen (secondary N) is 2. The molecule has 0 saturated heterocycles. The fraction of sp³-hybridized carbons (Fsp3) is 0.333. The quantitative estimate of drug-likeness (QED) is 0.267. The predicted molar refractivity (Wildman–Crippen MR) is 135 cm³/mol. The van der Waals surface area contributed by atoms with Crippen LogP contribution in [0.1, 0.15) is 11.1 Å². The molecule has 2 N–H and O–H groups in total. The van der Waals surface area contributed by atoms with E-state index in [2.05, 4.69) is 9.44 Å². The van der Waals surface area contributed by atoms with E-state index >= 15 is 0 Å². The summed E-state index contributed by atoms with van der Waals surface area (Å²) in [5.74, 6) is -1.73. The zero-order chi connectivity index (χ0) is 26.6. The first kappa shape index (κ1) is 29.2. The minimum absolute atomic E-state index is 0.252. The number of carbonyl (C=O) groups is 2. The number of sulfonamides is 2. The van der Waals surface area contributed by atoms with Gasteiger partial charge in [0.15, 0.2) is 0 Å². The fourth-order valence-electron chi connectivity index (χ4n) is 3.27. The summed E-state index contributed by atoms with van der Waals surface area (Å²) >= 11 is 0. The van der Waals surface area contributed by atoms with E-state index in [0.717, 1.165) is 35.8 Å². The molecule has 2 rings (SSSR count). The minimum atomic E-state index is -3.55. The Bertz CT molecular complexity index is 1130. The second-order valence-electron chi connectivity index (χ2n) is 8.15. The summed E-state index contributed by atoms with van der Waals surface area (Å²) in [6.45, 7) is -0.505. The molecule has 2 atom stereocenters. The van der Waals surface area contributed by atoms with Crippen molar-refractivity contribution in [1.29, 1.82) is 0 Å². The molecule has 0 spiro atoms. The first-order valence-corrected chi connectivity index (χ1v) is 14.7. The number of rotatable bonds is 14. The molecule has 10 nitrogen and oxygen atoms in total. The summed E-state index contributed by atoms with van der Waals surface area (Å²) in [6.07, 6.45) is 4.32. The Hall–Kier alpha value is -3.06. The minimum Gasteiger partial charge on any atom is -0.461 e. The van der Waals surface area contributed by atoms with Crippen molar-refractivity contribution in [2.75, 3.05) is 25.7 Å². The molecule has 0 amide bonds. The van der Waals surface area contributed by atoms with Crippen molar-refractivity contribution < 1.29 is 35.9 Å². The summed E-state index contributed by atoms with van der Waals surface area (Å²) in [5.41, 5.74) is 1.70. The van der Waals surface area contributed by atoms with Gasteiger partial charge in [0, 0.05) is 12.2 Å². The summed E-state index contributed by atoms with van der Waals surface area (Å²) in [6, 6.07) is 16.8. The summed E-state index contributed by atoms with van der Waals surface area (Å²) in [7, 11) is -7.10. The number of esters is 2. The van der Waals surface area contributed by atoms with E-state index in [0.29, 0.717) is 12.8 Å². The molecule has 0 aromatic heterocycles. The lowest BCUT2D eigenvalue weighted by Crippen LogP contribution is -2.39. The van der Waals surface area contributed by atoms with E-state index in [1.54, 1.807) is 0 Å². The first-order valence-electron chi connectivity index (χ1n) is 10.9. The van der Waals surface area contributed by atoms with Gasteiger partial charge in [0.1, 0.15) is 13.2 Å². The van der Waals surface area contributed by atoms with Gasteiger partial charge >= 0.3 is 11.9 Å². The third-order valence-corrected chi connectivity index (χ3v) is 6.14. The first-order chi connectivity index (χ1) is 16.9. The maximum absolute atomic E-state index is 12.1. The van der Waals surface area contributed by atoms with Gasteiger partial charge in [0.05, 0.1) is 24.6 Å². The Balaban J connectivity index is 1.88. The van der Waals surface area contributed by atoms with Gasteiger partial charge in [0.2, 0.25) is 20.0 Å². The van der Waals surface area contributed by atoms with Gasteiger partial charge in [-0.05, 0) is 24.0 Å². The van der Waals surface area contributed by atoms with Gasteiger partial charge in [-0.25, -0.2) is 35.9 Å². The molecule has 0 aliphatic heterocycles. The average molecular weight is 539 g/mol. The smallest absolute Gasteiger partial charge is 0.331 e. The summed E-state index contributed by atoms with van der Waals surface area (Å²) in [5, 5.41) is 0. The maximum Gasteiger partial charge on any atom is 0.331 e. The molecule has 0 saturated carbocycles. The Morgan fingerprint density at radius 3 is 1.33 bits per heavy atom. The molecule has 0 fully saturated rings. The lowest BCUT2D eigenvalue weighted by molar-refractivity contribution is -0.141. The Kier molecular flexibility index (Phi) is 11.2. The molecular weight excluding hydrogens is 508 g/mol. The van der Waals surface area contributed by atoms with Crippen LogP contribution in [0, 0.1) is 0 Å². The van der Waals surface area contributed by atoms with Crippen LogP contribution in [0.3, 0.4) is 0 Å². The molecule has 0 heterocycles. The van der Waals surface area contributed by atoms with Crippen molar-refractivity contribution in [2.24, 2.45) is 0 Å². The predicted octanol–water partition coefficient (Wildman–Crippen LogP) is 0.950. The molecule has 196 valence electrons. The largest absolute Gasteiger partial charge is 0.461 e. The molecule has 0 aliphatic rings. The molecule has 36 heavy (non-hydrogen) atoms. The monoisotopic (exact) mass is 538 g/mol. The van der Waals surface area contributed by atoms with Crippen LogP contribution < -0.4 is 9.44 Å². The highest BCUT2D eigenvalue weighted by atomic mass is 32.2. The van der Waals surface area contributed by atoms with E-state index in [9.17, 15) is 26.4 Å². The number of carbonyl (C=O) groups excluding carboxylic acids is 2. The lowest BCUT2D eigenvalue weighted by Gasteiger charge is -2.17. The average Bonchev–Trinajstić information content (AvgIpc) is 2.79.